The number of para-hydroxylation sites is 1. The van der Waals surface area contributed by atoms with E-state index in [1.54, 1.807) is 32.0 Å². The van der Waals surface area contributed by atoms with E-state index in [1.165, 1.54) is 22.9 Å². The number of anilines is 1. The number of nitrogens with zero attached hydrogens (tertiary/aromatic N) is 4. The van der Waals surface area contributed by atoms with Crippen LogP contribution in [-0.2, 0) is 0 Å². The molecule has 34 heavy (non-hydrogen) atoms. The van der Waals surface area contributed by atoms with Crippen molar-refractivity contribution in [3.63, 3.8) is 0 Å². The number of hydrogen-bond acceptors (Lipinski definition) is 6. The molecule has 168 valence electrons. The zero-order valence-corrected chi connectivity index (χ0v) is 18.2. The molecule has 0 saturated heterocycles. The standard InChI is InChI=1S/C25H18FN5O3/c1-14-22(32)18-9-6-10-19(24(18)34-23(14)16-7-4-3-5-8-16)25(33)27-17-11-12-20(26)21(13-17)31-15(2)28-29-30-31/h3-13H,1-2H3,(H,27,33). The van der Waals surface area contributed by atoms with Crippen LogP contribution in [0.1, 0.15) is 21.7 Å². The highest BCUT2D eigenvalue weighted by atomic mass is 19.1. The lowest BCUT2D eigenvalue weighted by atomic mass is 10.0. The van der Waals surface area contributed by atoms with Crippen molar-refractivity contribution < 1.29 is 13.6 Å². The van der Waals surface area contributed by atoms with Gasteiger partial charge in [-0.05, 0) is 54.6 Å². The Bertz CT molecular complexity index is 1610. The monoisotopic (exact) mass is 455 g/mol. The number of tetrazole rings is 1. The van der Waals surface area contributed by atoms with Crippen LogP contribution in [0, 0.1) is 19.7 Å². The molecule has 5 rings (SSSR count). The van der Waals surface area contributed by atoms with Gasteiger partial charge in [-0.1, -0.05) is 36.4 Å². The third kappa shape index (κ3) is 3.62. The number of rotatable bonds is 4. The smallest absolute Gasteiger partial charge is 0.259 e. The van der Waals surface area contributed by atoms with Crippen LogP contribution in [0.15, 0.2) is 75.9 Å². The van der Waals surface area contributed by atoms with Gasteiger partial charge >= 0.3 is 0 Å². The normalized spacial score (nSPS) is 11.0. The quantitative estimate of drug-likeness (QED) is 0.430. The van der Waals surface area contributed by atoms with Crippen molar-refractivity contribution in [1.82, 2.24) is 20.2 Å². The lowest BCUT2D eigenvalue weighted by Crippen LogP contribution is -2.15. The van der Waals surface area contributed by atoms with E-state index < -0.39 is 11.7 Å². The van der Waals surface area contributed by atoms with Gasteiger partial charge in [0.25, 0.3) is 5.91 Å². The average molecular weight is 455 g/mol. The first-order valence-electron chi connectivity index (χ1n) is 10.4. The zero-order valence-electron chi connectivity index (χ0n) is 18.2. The highest BCUT2D eigenvalue weighted by molar-refractivity contribution is 6.11. The van der Waals surface area contributed by atoms with Crippen molar-refractivity contribution in [2.45, 2.75) is 13.8 Å². The van der Waals surface area contributed by atoms with Crippen molar-refractivity contribution in [2.24, 2.45) is 0 Å². The van der Waals surface area contributed by atoms with Gasteiger partial charge in [0.1, 0.15) is 17.3 Å². The van der Waals surface area contributed by atoms with E-state index >= 15 is 0 Å². The summed E-state index contributed by atoms with van der Waals surface area (Å²) >= 11 is 0. The number of aromatic nitrogens is 4. The Morgan fingerprint density at radius 2 is 1.82 bits per heavy atom. The molecule has 0 aliphatic rings. The molecule has 2 heterocycles. The maximum absolute atomic E-state index is 14.4. The molecule has 2 aromatic heterocycles. The van der Waals surface area contributed by atoms with Gasteiger partial charge in [-0.3, -0.25) is 9.59 Å². The van der Waals surface area contributed by atoms with Crippen LogP contribution < -0.4 is 10.7 Å². The molecule has 0 atom stereocenters. The Hall–Kier alpha value is -4.66. The molecule has 0 aliphatic carbocycles. The van der Waals surface area contributed by atoms with Crippen LogP contribution in [0.25, 0.3) is 28.0 Å². The molecule has 8 nitrogen and oxygen atoms in total. The second kappa shape index (κ2) is 8.36. The van der Waals surface area contributed by atoms with Gasteiger partial charge in [-0.25, -0.2) is 4.39 Å². The molecule has 0 saturated carbocycles. The van der Waals surface area contributed by atoms with E-state index in [9.17, 15) is 14.0 Å². The molecule has 5 aromatic rings. The summed E-state index contributed by atoms with van der Waals surface area (Å²) in [4.78, 5) is 26.3. The number of aryl methyl sites for hydroxylation is 1. The fourth-order valence-corrected chi connectivity index (χ4v) is 3.76. The highest BCUT2D eigenvalue weighted by Crippen LogP contribution is 2.28. The second-order valence-corrected chi connectivity index (χ2v) is 7.69. The summed E-state index contributed by atoms with van der Waals surface area (Å²) in [5.41, 5.74) is 1.74. The number of carbonyl (C=O) groups excluding carboxylic acids is 1. The minimum Gasteiger partial charge on any atom is -0.455 e. The first-order valence-corrected chi connectivity index (χ1v) is 10.4. The van der Waals surface area contributed by atoms with E-state index in [4.69, 9.17) is 4.42 Å². The summed E-state index contributed by atoms with van der Waals surface area (Å²) in [7, 11) is 0. The lowest BCUT2D eigenvalue weighted by molar-refractivity contribution is 0.102. The van der Waals surface area contributed by atoms with Gasteiger partial charge in [-0.2, -0.15) is 4.68 Å². The average Bonchev–Trinajstić information content (AvgIpc) is 3.28. The van der Waals surface area contributed by atoms with Crippen molar-refractivity contribution in [2.75, 3.05) is 5.32 Å². The summed E-state index contributed by atoms with van der Waals surface area (Å²) < 4.78 is 21.7. The molecule has 0 radical (unpaired) electrons. The van der Waals surface area contributed by atoms with Crippen molar-refractivity contribution in [3.8, 4) is 17.0 Å². The van der Waals surface area contributed by atoms with Crippen molar-refractivity contribution in [3.05, 3.63) is 99.7 Å². The molecule has 1 amide bonds. The maximum atomic E-state index is 14.4. The van der Waals surface area contributed by atoms with Gasteiger partial charge in [-0.15, -0.1) is 5.10 Å². The van der Waals surface area contributed by atoms with Crippen molar-refractivity contribution >= 4 is 22.6 Å². The van der Waals surface area contributed by atoms with E-state index in [0.29, 0.717) is 28.2 Å². The predicted octanol–water partition coefficient (Wildman–Crippen LogP) is 4.44. The molecule has 0 fully saturated rings. The first kappa shape index (κ1) is 21.2. The maximum Gasteiger partial charge on any atom is 0.259 e. The van der Waals surface area contributed by atoms with Gasteiger partial charge in [0, 0.05) is 16.8 Å². The number of hydrogen-bond donors (Lipinski definition) is 1. The zero-order chi connectivity index (χ0) is 23.8. The Morgan fingerprint density at radius 1 is 1.03 bits per heavy atom. The number of nitrogens with one attached hydrogen (secondary N) is 1. The SMILES string of the molecule is Cc1c(-c2ccccc2)oc2c(C(=O)Nc3ccc(F)c(-n4nnnc4C)c3)cccc2c1=O. The van der Waals surface area contributed by atoms with E-state index in [0.717, 1.165) is 5.56 Å². The highest BCUT2D eigenvalue weighted by Gasteiger charge is 2.19. The number of fused-ring (bicyclic) bond motifs is 1. The molecule has 9 heteroatoms. The predicted molar refractivity (Wildman–Crippen MR) is 124 cm³/mol. The van der Waals surface area contributed by atoms with E-state index in [1.807, 2.05) is 30.3 Å². The molecular weight excluding hydrogens is 437 g/mol. The fraction of sp³-hybridized carbons (Fsp3) is 0.0800. The molecule has 0 spiro atoms. The summed E-state index contributed by atoms with van der Waals surface area (Å²) in [6.07, 6.45) is 0. The van der Waals surface area contributed by atoms with Gasteiger partial charge < -0.3 is 9.73 Å². The van der Waals surface area contributed by atoms with E-state index in [-0.39, 0.29) is 22.3 Å². The van der Waals surface area contributed by atoms with Crippen LogP contribution in [0.2, 0.25) is 0 Å². The fourth-order valence-electron chi connectivity index (χ4n) is 3.76. The Morgan fingerprint density at radius 3 is 2.56 bits per heavy atom. The first-order chi connectivity index (χ1) is 16.4. The third-order valence-electron chi connectivity index (χ3n) is 5.48. The molecule has 0 bridgehead atoms. The largest absolute Gasteiger partial charge is 0.455 e. The molecular formula is C25H18FN5O3. The van der Waals surface area contributed by atoms with Gasteiger partial charge in [0.2, 0.25) is 0 Å². The van der Waals surface area contributed by atoms with Gasteiger partial charge in [0.05, 0.1) is 10.9 Å². The minimum absolute atomic E-state index is 0.0896. The van der Waals surface area contributed by atoms with Crippen LogP contribution in [0.5, 0.6) is 0 Å². The molecule has 3 aromatic carbocycles. The van der Waals surface area contributed by atoms with E-state index in [2.05, 4.69) is 20.8 Å². The summed E-state index contributed by atoms with van der Waals surface area (Å²) in [5.74, 6) is -0.270. The van der Waals surface area contributed by atoms with Crippen molar-refractivity contribution in [1.29, 1.82) is 0 Å². The number of benzene rings is 3. The number of carbonyl (C=O) groups is 1. The summed E-state index contributed by atoms with van der Waals surface area (Å²) in [6, 6.07) is 18.1. The summed E-state index contributed by atoms with van der Waals surface area (Å²) in [6.45, 7) is 3.33. The lowest BCUT2D eigenvalue weighted by Gasteiger charge is -2.12. The topological polar surface area (TPSA) is 103 Å². The Balaban J connectivity index is 1.58. The minimum atomic E-state index is -0.549. The second-order valence-electron chi connectivity index (χ2n) is 7.69. The van der Waals surface area contributed by atoms with Gasteiger partial charge in [0.15, 0.2) is 16.8 Å². The van der Waals surface area contributed by atoms with Crippen LogP contribution >= 0.6 is 0 Å². The Labute approximate surface area is 192 Å². The molecule has 0 unspecified atom stereocenters. The Kier molecular flexibility index (Phi) is 5.21. The van der Waals surface area contributed by atoms with Crippen LogP contribution in [0.4, 0.5) is 10.1 Å². The molecule has 0 aliphatic heterocycles. The summed E-state index contributed by atoms with van der Waals surface area (Å²) in [5, 5.41) is 14.1. The van der Waals surface area contributed by atoms with Crippen LogP contribution in [-0.4, -0.2) is 26.1 Å². The third-order valence-corrected chi connectivity index (χ3v) is 5.48. The number of amides is 1. The molecule has 1 N–H and O–H groups in total. The number of halogens is 1. The van der Waals surface area contributed by atoms with Crippen LogP contribution in [0.3, 0.4) is 0 Å².